The first kappa shape index (κ1) is 37.0. The van der Waals surface area contributed by atoms with E-state index in [1.54, 1.807) is 0 Å². The third-order valence-corrected chi connectivity index (χ3v) is 8.26. The van der Waals surface area contributed by atoms with E-state index < -0.39 is 73.6 Å². The van der Waals surface area contributed by atoms with E-state index in [-0.39, 0.29) is 25.6 Å². The Kier molecular flexibility index (Phi) is 17.6. The molecule has 8 N–H and O–H groups in total. The second-order valence-corrected chi connectivity index (χ2v) is 11.8. The summed E-state index contributed by atoms with van der Waals surface area (Å²) in [6, 6.07) is 0. The topological polar surface area (TPSA) is 207 Å². The number of unbranched alkanes of at least 4 members (excludes halogenated alkanes) is 8. The van der Waals surface area contributed by atoms with Crippen LogP contribution in [0.25, 0.3) is 0 Å². The van der Waals surface area contributed by atoms with Gasteiger partial charge in [0.25, 0.3) is 0 Å². The second-order valence-electron chi connectivity index (χ2n) is 11.8. The molecule has 12 heteroatoms. The van der Waals surface area contributed by atoms with Gasteiger partial charge in [-0.25, -0.2) is 0 Å². The Balaban J connectivity index is 1.74. The van der Waals surface area contributed by atoms with E-state index >= 15 is 0 Å². The molecule has 0 aromatic rings. The Bertz CT molecular complexity index is 765. The fraction of sp³-hybridized carbons (Fsp3) is 0.900. The number of carboxylic acids is 1. The van der Waals surface area contributed by atoms with Crippen molar-refractivity contribution in [2.75, 3.05) is 13.2 Å². The molecule has 0 spiro atoms. The molecular formula is C30H54O12. The number of carboxylic acid groups (broad SMARTS) is 1. The molecule has 4 unspecified atom stereocenters. The van der Waals surface area contributed by atoms with Crippen molar-refractivity contribution in [1.29, 1.82) is 0 Å². The molecule has 1 aliphatic heterocycles. The molecule has 0 aromatic carbocycles. The first-order valence-electron chi connectivity index (χ1n) is 15.6. The number of aliphatic carboxylic acids is 1. The number of aliphatic hydroxyl groups excluding tert-OH is 7. The standard InChI is InChI=1S/C30H54O12/c1-19(14-12-10-8-6-4-2-3-5-7-9-11-13-15-23(33)34)40-21-16-20(17-31)24(35)27(38)29(21)42-30-28(39)26(37)25(36)22(18-32)41-30/h2,4,19-22,24-32,35-39H,3,5-18H2,1H3,(H,33,34)/b4-2-/t19?,20-,21?,22-,24-,25-,26+,27+,28-,29?,30?/m1/s1. The molecule has 0 amide bonds. The van der Waals surface area contributed by atoms with Crippen molar-refractivity contribution < 1.29 is 59.9 Å². The van der Waals surface area contributed by atoms with E-state index in [9.17, 15) is 40.5 Å². The fourth-order valence-corrected chi connectivity index (χ4v) is 5.63. The number of carbonyl (C=O) groups is 1. The molecule has 2 aliphatic rings. The number of allylic oxidation sites excluding steroid dienone is 2. The van der Waals surface area contributed by atoms with Gasteiger partial charge in [-0.2, -0.15) is 0 Å². The number of rotatable bonds is 20. The van der Waals surface area contributed by atoms with E-state index in [2.05, 4.69) is 12.2 Å². The van der Waals surface area contributed by atoms with Crippen LogP contribution in [-0.2, 0) is 19.0 Å². The summed E-state index contributed by atoms with van der Waals surface area (Å²) in [6.45, 7) is 0.912. The number of ether oxygens (including phenoxy) is 3. The minimum Gasteiger partial charge on any atom is -0.481 e. The number of aliphatic hydroxyl groups is 7. The summed E-state index contributed by atoms with van der Waals surface area (Å²) < 4.78 is 17.4. The lowest BCUT2D eigenvalue weighted by Gasteiger charge is -2.46. The highest BCUT2D eigenvalue weighted by Gasteiger charge is 2.50. The van der Waals surface area contributed by atoms with E-state index in [0.29, 0.717) is 0 Å². The maximum absolute atomic E-state index is 10.8. The van der Waals surface area contributed by atoms with Gasteiger partial charge in [0, 0.05) is 18.9 Å². The van der Waals surface area contributed by atoms with Crippen molar-refractivity contribution in [3.05, 3.63) is 12.2 Å². The minimum atomic E-state index is -1.66. The number of hydrogen-bond donors (Lipinski definition) is 8. The monoisotopic (exact) mass is 606 g/mol. The third kappa shape index (κ3) is 12.1. The van der Waals surface area contributed by atoms with Crippen LogP contribution in [0, 0.1) is 5.92 Å². The summed E-state index contributed by atoms with van der Waals surface area (Å²) in [7, 11) is 0. The maximum Gasteiger partial charge on any atom is 0.303 e. The zero-order valence-electron chi connectivity index (χ0n) is 24.8. The molecule has 2 fully saturated rings. The number of hydrogen-bond acceptors (Lipinski definition) is 11. The van der Waals surface area contributed by atoms with Gasteiger partial charge in [-0.15, -0.1) is 0 Å². The van der Waals surface area contributed by atoms with Crippen LogP contribution in [0.2, 0.25) is 0 Å². The summed E-state index contributed by atoms with van der Waals surface area (Å²) in [4.78, 5) is 10.5. The second kappa shape index (κ2) is 20.0. The highest BCUT2D eigenvalue weighted by atomic mass is 16.7. The van der Waals surface area contributed by atoms with Crippen LogP contribution >= 0.6 is 0 Å². The predicted molar refractivity (Wildman–Crippen MR) is 152 cm³/mol. The van der Waals surface area contributed by atoms with Gasteiger partial charge < -0.3 is 55.1 Å². The van der Waals surface area contributed by atoms with E-state index in [0.717, 1.165) is 70.6 Å². The first-order valence-corrected chi connectivity index (χ1v) is 15.6. The molecule has 1 aliphatic carbocycles. The van der Waals surface area contributed by atoms with Gasteiger partial charge in [-0.1, -0.05) is 44.3 Å². The van der Waals surface area contributed by atoms with Gasteiger partial charge in [-0.05, 0) is 51.9 Å². The minimum absolute atomic E-state index is 0.189. The molecule has 246 valence electrons. The van der Waals surface area contributed by atoms with E-state index in [4.69, 9.17) is 19.3 Å². The lowest BCUT2D eigenvalue weighted by molar-refractivity contribution is -0.335. The zero-order valence-corrected chi connectivity index (χ0v) is 24.8. The predicted octanol–water partition coefficient (Wildman–Crippen LogP) is 1.00. The van der Waals surface area contributed by atoms with Crippen LogP contribution in [0.1, 0.15) is 90.4 Å². The summed E-state index contributed by atoms with van der Waals surface area (Å²) in [6.07, 6.45) is 3.20. The van der Waals surface area contributed by atoms with Crippen molar-refractivity contribution in [2.24, 2.45) is 5.92 Å². The Labute approximate surface area is 248 Å². The maximum atomic E-state index is 10.8. The van der Waals surface area contributed by atoms with Crippen molar-refractivity contribution in [3.8, 4) is 0 Å². The summed E-state index contributed by atoms with van der Waals surface area (Å²) in [5, 5.41) is 79.6. The summed E-state index contributed by atoms with van der Waals surface area (Å²) in [5.74, 6) is -1.37. The van der Waals surface area contributed by atoms with E-state index in [1.165, 1.54) is 0 Å². The highest BCUT2D eigenvalue weighted by molar-refractivity contribution is 5.66. The molecule has 1 saturated heterocycles. The molecule has 0 aromatic heterocycles. The Hall–Kier alpha value is -1.19. The largest absolute Gasteiger partial charge is 0.481 e. The molecule has 11 atom stereocenters. The van der Waals surface area contributed by atoms with Gasteiger partial charge in [-0.3, -0.25) is 4.79 Å². The lowest BCUT2D eigenvalue weighted by atomic mass is 9.80. The van der Waals surface area contributed by atoms with Crippen LogP contribution in [-0.4, -0.2) is 121 Å². The molecule has 12 nitrogen and oxygen atoms in total. The Morgan fingerprint density at radius 1 is 0.810 bits per heavy atom. The molecule has 1 heterocycles. The highest BCUT2D eigenvalue weighted by Crippen LogP contribution is 2.33. The van der Waals surface area contributed by atoms with Crippen LogP contribution in [0.15, 0.2) is 12.2 Å². The molecule has 0 bridgehead atoms. The Morgan fingerprint density at radius 3 is 2.05 bits per heavy atom. The van der Waals surface area contributed by atoms with Crippen molar-refractivity contribution in [1.82, 2.24) is 0 Å². The van der Waals surface area contributed by atoms with Gasteiger partial charge in [0.2, 0.25) is 0 Å². The summed E-state index contributed by atoms with van der Waals surface area (Å²) >= 11 is 0. The van der Waals surface area contributed by atoms with Crippen LogP contribution in [0.5, 0.6) is 0 Å². The van der Waals surface area contributed by atoms with Gasteiger partial charge in [0.1, 0.15) is 36.6 Å². The quantitative estimate of drug-likeness (QED) is 0.0722. The van der Waals surface area contributed by atoms with Gasteiger partial charge >= 0.3 is 5.97 Å². The third-order valence-electron chi connectivity index (χ3n) is 8.26. The molecular weight excluding hydrogens is 552 g/mol. The van der Waals surface area contributed by atoms with Gasteiger partial charge in [0.15, 0.2) is 6.29 Å². The van der Waals surface area contributed by atoms with Crippen LogP contribution < -0.4 is 0 Å². The lowest BCUT2D eigenvalue weighted by Crippen LogP contribution is -2.63. The van der Waals surface area contributed by atoms with Crippen molar-refractivity contribution in [3.63, 3.8) is 0 Å². The van der Waals surface area contributed by atoms with Gasteiger partial charge in [0.05, 0.1) is 24.9 Å². The normalized spacial score (nSPS) is 34.6. The molecule has 42 heavy (non-hydrogen) atoms. The average Bonchev–Trinajstić information content (AvgIpc) is 2.96. The zero-order chi connectivity index (χ0) is 31.1. The smallest absolute Gasteiger partial charge is 0.303 e. The van der Waals surface area contributed by atoms with E-state index in [1.807, 2.05) is 6.92 Å². The van der Waals surface area contributed by atoms with Crippen LogP contribution in [0.3, 0.4) is 0 Å². The first-order chi connectivity index (χ1) is 20.1. The Morgan fingerprint density at radius 2 is 1.43 bits per heavy atom. The SMILES string of the molecule is CC(CCCCC/C=C\CCCCCCCC(=O)O)OC1C[C@H](CO)[C@@H](O)[C@H](O)C1OC1O[C@H](CO)[C@@H](O)[C@H](O)[C@H]1O. The van der Waals surface area contributed by atoms with Crippen molar-refractivity contribution in [2.45, 2.75) is 152 Å². The fourth-order valence-electron chi connectivity index (χ4n) is 5.63. The van der Waals surface area contributed by atoms with Crippen LogP contribution in [0.4, 0.5) is 0 Å². The molecule has 1 saturated carbocycles. The molecule has 2 rings (SSSR count). The molecule has 0 radical (unpaired) electrons. The van der Waals surface area contributed by atoms with Crippen molar-refractivity contribution >= 4 is 5.97 Å². The average molecular weight is 607 g/mol. The summed E-state index contributed by atoms with van der Waals surface area (Å²) in [5.41, 5.74) is 0.